The topological polar surface area (TPSA) is 35.2 Å². The molecule has 0 bridgehead atoms. The van der Waals surface area contributed by atoms with Crippen molar-refractivity contribution in [2.24, 2.45) is 5.73 Å². The first-order valence-corrected chi connectivity index (χ1v) is 6.74. The lowest BCUT2D eigenvalue weighted by Crippen LogP contribution is -1.98. The molecule has 3 heteroatoms. The smallest absolute Gasteiger partial charge is 0.149 e. The van der Waals surface area contributed by atoms with Gasteiger partial charge in [0.2, 0.25) is 0 Å². The summed E-state index contributed by atoms with van der Waals surface area (Å²) in [5, 5.41) is 0. The molecule has 0 unspecified atom stereocenters. The third-order valence-corrected chi connectivity index (χ3v) is 3.16. The number of nitrogens with two attached hydrogens (primary N) is 1. The molecule has 0 aliphatic carbocycles. The number of rotatable bonds is 3. The lowest BCUT2D eigenvalue weighted by Gasteiger charge is -2.06. The van der Waals surface area contributed by atoms with Crippen LogP contribution in [0.4, 0.5) is 0 Å². The maximum Gasteiger partial charge on any atom is 0.149 e. The van der Waals surface area contributed by atoms with Crippen molar-refractivity contribution in [2.75, 3.05) is 6.61 Å². The maximum absolute atomic E-state index is 5.60. The Hall–Kier alpha value is -1.76. The van der Waals surface area contributed by atoms with Crippen LogP contribution in [0.15, 0.2) is 53.0 Å². The Balaban J connectivity index is 1.95. The summed E-state index contributed by atoms with van der Waals surface area (Å²) in [6.45, 7) is 0.877. The van der Waals surface area contributed by atoms with Crippen LogP contribution in [0.5, 0.6) is 5.75 Å². The average molecular weight is 316 g/mol. The van der Waals surface area contributed by atoms with Gasteiger partial charge in [-0.3, -0.25) is 0 Å². The number of halogens is 1. The maximum atomic E-state index is 5.60. The zero-order valence-electron chi connectivity index (χ0n) is 10.4. The molecule has 0 fully saturated rings. The molecule has 2 rings (SSSR count). The molecule has 0 aliphatic rings. The summed E-state index contributed by atoms with van der Waals surface area (Å²) in [4.78, 5) is 0. The molecular weight excluding hydrogens is 302 g/mol. The summed E-state index contributed by atoms with van der Waals surface area (Å²) in [6, 6.07) is 15.6. The lowest BCUT2D eigenvalue weighted by atomic mass is 10.2. The van der Waals surface area contributed by atoms with E-state index in [-0.39, 0.29) is 0 Å². The van der Waals surface area contributed by atoms with Crippen LogP contribution in [0.3, 0.4) is 0 Å². The van der Waals surface area contributed by atoms with Crippen LogP contribution >= 0.6 is 15.9 Å². The Morgan fingerprint density at radius 3 is 2.58 bits per heavy atom. The zero-order valence-corrected chi connectivity index (χ0v) is 12.0. The molecule has 0 saturated heterocycles. The van der Waals surface area contributed by atoms with Crippen molar-refractivity contribution in [2.45, 2.75) is 6.54 Å². The van der Waals surface area contributed by atoms with Gasteiger partial charge in [-0.25, -0.2) is 0 Å². The standard InChI is InChI=1S/C16H14BrNO/c17-15-11-14(12-18)8-9-16(15)19-10-4-7-13-5-2-1-3-6-13/h1-3,5-6,8-9,11H,10,12,18H2. The fourth-order valence-electron chi connectivity index (χ4n) is 1.56. The van der Waals surface area contributed by atoms with Crippen molar-refractivity contribution < 1.29 is 4.74 Å². The molecule has 0 amide bonds. The van der Waals surface area contributed by atoms with E-state index in [1.54, 1.807) is 0 Å². The second-order valence-electron chi connectivity index (χ2n) is 3.93. The zero-order chi connectivity index (χ0) is 13.5. The Bertz CT molecular complexity index is 599. The van der Waals surface area contributed by atoms with Gasteiger partial charge in [0, 0.05) is 12.1 Å². The van der Waals surface area contributed by atoms with E-state index in [4.69, 9.17) is 10.5 Å². The summed E-state index contributed by atoms with van der Waals surface area (Å²) in [6.07, 6.45) is 0. The SMILES string of the molecule is NCc1ccc(OCC#Cc2ccccc2)c(Br)c1. The molecule has 0 spiro atoms. The monoisotopic (exact) mass is 315 g/mol. The van der Waals surface area contributed by atoms with Crippen molar-refractivity contribution in [3.05, 3.63) is 64.1 Å². The van der Waals surface area contributed by atoms with Crippen molar-refractivity contribution in [1.29, 1.82) is 0 Å². The molecule has 0 radical (unpaired) electrons. The van der Waals surface area contributed by atoms with Gasteiger partial charge in [0.15, 0.2) is 0 Å². The predicted molar refractivity (Wildman–Crippen MR) is 80.8 cm³/mol. The quantitative estimate of drug-likeness (QED) is 0.882. The number of hydrogen-bond acceptors (Lipinski definition) is 2. The van der Waals surface area contributed by atoms with Gasteiger partial charge in [0.25, 0.3) is 0 Å². The fraction of sp³-hybridized carbons (Fsp3) is 0.125. The van der Waals surface area contributed by atoms with Crippen LogP contribution in [-0.2, 0) is 6.54 Å². The minimum absolute atomic E-state index is 0.357. The number of ether oxygens (including phenoxy) is 1. The highest BCUT2D eigenvalue weighted by Crippen LogP contribution is 2.25. The first-order chi connectivity index (χ1) is 9.29. The van der Waals surface area contributed by atoms with Gasteiger partial charge >= 0.3 is 0 Å². The third kappa shape index (κ3) is 4.13. The third-order valence-electron chi connectivity index (χ3n) is 2.54. The van der Waals surface area contributed by atoms with Gasteiger partial charge in [0.1, 0.15) is 12.4 Å². The summed E-state index contributed by atoms with van der Waals surface area (Å²) in [7, 11) is 0. The second-order valence-corrected chi connectivity index (χ2v) is 4.78. The average Bonchev–Trinajstić information content (AvgIpc) is 2.46. The van der Waals surface area contributed by atoms with Gasteiger partial charge in [-0.15, -0.1) is 0 Å². The van der Waals surface area contributed by atoms with E-state index in [1.165, 1.54) is 0 Å². The molecule has 0 aliphatic heterocycles. The highest BCUT2D eigenvalue weighted by Gasteiger charge is 2.00. The van der Waals surface area contributed by atoms with Crippen molar-refractivity contribution in [3.8, 4) is 17.6 Å². The van der Waals surface area contributed by atoms with Crippen LogP contribution < -0.4 is 10.5 Å². The predicted octanol–water partition coefficient (Wildman–Crippen LogP) is 3.34. The van der Waals surface area contributed by atoms with Crippen molar-refractivity contribution in [1.82, 2.24) is 0 Å². The van der Waals surface area contributed by atoms with Gasteiger partial charge in [0.05, 0.1) is 4.47 Å². The molecule has 0 saturated carbocycles. The second kappa shape index (κ2) is 6.98. The largest absolute Gasteiger partial charge is 0.480 e. The molecule has 0 aromatic heterocycles. The highest BCUT2D eigenvalue weighted by atomic mass is 79.9. The van der Waals surface area contributed by atoms with E-state index in [0.29, 0.717) is 13.2 Å². The first-order valence-electron chi connectivity index (χ1n) is 5.95. The van der Waals surface area contributed by atoms with Crippen LogP contribution in [0.1, 0.15) is 11.1 Å². The first kappa shape index (κ1) is 13.7. The lowest BCUT2D eigenvalue weighted by molar-refractivity contribution is 0.368. The van der Waals surface area contributed by atoms with Crippen molar-refractivity contribution >= 4 is 15.9 Å². The normalized spacial score (nSPS) is 9.58. The summed E-state index contributed by atoms with van der Waals surface area (Å²) in [5.41, 5.74) is 7.62. The number of hydrogen-bond donors (Lipinski definition) is 1. The molecule has 2 nitrogen and oxygen atoms in total. The Morgan fingerprint density at radius 1 is 1.11 bits per heavy atom. The van der Waals surface area contributed by atoms with E-state index < -0.39 is 0 Å². The fourth-order valence-corrected chi connectivity index (χ4v) is 2.10. The minimum atomic E-state index is 0.357. The van der Waals surface area contributed by atoms with Gasteiger partial charge < -0.3 is 10.5 Å². The Morgan fingerprint density at radius 2 is 1.89 bits per heavy atom. The Labute approximate surface area is 121 Å². The minimum Gasteiger partial charge on any atom is -0.480 e. The van der Waals surface area contributed by atoms with E-state index >= 15 is 0 Å². The molecule has 96 valence electrons. The molecule has 2 aromatic carbocycles. The van der Waals surface area contributed by atoms with Crippen LogP contribution in [0.25, 0.3) is 0 Å². The van der Waals surface area contributed by atoms with E-state index in [0.717, 1.165) is 21.3 Å². The summed E-state index contributed by atoms with van der Waals surface area (Å²) in [5.74, 6) is 6.81. The molecule has 2 aromatic rings. The summed E-state index contributed by atoms with van der Waals surface area (Å²) >= 11 is 3.46. The van der Waals surface area contributed by atoms with Crippen molar-refractivity contribution in [3.63, 3.8) is 0 Å². The van der Waals surface area contributed by atoms with E-state index in [1.807, 2.05) is 48.5 Å². The van der Waals surface area contributed by atoms with E-state index in [2.05, 4.69) is 27.8 Å². The number of benzene rings is 2. The Kier molecular flexibility index (Phi) is 5.02. The van der Waals surface area contributed by atoms with Gasteiger partial charge in [-0.2, -0.15) is 0 Å². The van der Waals surface area contributed by atoms with Crippen LogP contribution in [-0.4, -0.2) is 6.61 Å². The molecule has 0 heterocycles. The molecular formula is C16H14BrNO. The molecule has 19 heavy (non-hydrogen) atoms. The van der Waals surface area contributed by atoms with Gasteiger partial charge in [-0.1, -0.05) is 36.1 Å². The molecule has 2 N–H and O–H groups in total. The van der Waals surface area contributed by atoms with Gasteiger partial charge in [-0.05, 0) is 45.8 Å². The van der Waals surface area contributed by atoms with E-state index in [9.17, 15) is 0 Å². The van der Waals surface area contributed by atoms with Crippen LogP contribution in [0, 0.1) is 11.8 Å². The van der Waals surface area contributed by atoms with Crippen LogP contribution in [0.2, 0.25) is 0 Å². The summed E-state index contributed by atoms with van der Waals surface area (Å²) < 4.78 is 6.50. The highest BCUT2D eigenvalue weighted by molar-refractivity contribution is 9.10. The molecule has 0 atom stereocenters.